The number of hydrogen-bond acceptors (Lipinski definition) is 6. The molecule has 0 saturated carbocycles. The molecule has 0 saturated heterocycles. The highest BCUT2D eigenvalue weighted by Crippen LogP contribution is 2.13. The third kappa shape index (κ3) is 6.42. The molecule has 0 fully saturated rings. The molecular formula is C21H23NO6. The van der Waals surface area contributed by atoms with Crippen LogP contribution in [0.2, 0.25) is 0 Å². The first-order valence-corrected chi connectivity index (χ1v) is 8.84. The molecule has 1 N–H and O–H groups in total. The maximum Gasteiger partial charge on any atom is 0.338 e. The van der Waals surface area contributed by atoms with E-state index in [9.17, 15) is 14.4 Å². The molecule has 0 aromatic heterocycles. The van der Waals surface area contributed by atoms with Crippen LogP contribution in [-0.4, -0.2) is 44.2 Å². The Balaban J connectivity index is 1.89. The highest BCUT2D eigenvalue weighted by Gasteiger charge is 2.22. The second kappa shape index (κ2) is 10.7. The number of amides is 1. The second-order valence-corrected chi connectivity index (χ2v) is 5.87. The molecule has 0 heterocycles. The van der Waals surface area contributed by atoms with Gasteiger partial charge in [-0.1, -0.05) is 30.3 Å². The SMILES string of the molecule is CCOc1ccc(C(=O)OCC(=O)N[C@@H](Cc2ccccc2)C(=O)OC)cc1. The van der Waals surface area contributed by atoms with Crippen LogP contribution in [0.5, 0.6) is 5.75 Å². The summed E-state index contributed by atoms with van der Waals surface area (Å²) in [6.07, 6.45) is 0.270. The smallest absolute Gasteiger partial charge is 0.338 e. The van der Waals surface area contributed by atoms with Crippen LogP contribution in [0.15, 0.2) is 54.6 Å². The summed E-state index contributed by atoms with van der Waals surface area (Å²) < 4.78 is 15.1. The van der Waals surface area contributed by atoms with Crippen molar-refractivity contribution in [1.29, 1.82) is 0 Å². The van der Waals surface area contributed by atoms with Crippen molar-refractivity contribution in [3.05, 3.63) is 65.7 Å². The normalized spacial score (nSPS) is 11.2. The van der Waals surface area contributed by atoms with Crippen LogP contribution in [0.3, 0.4) is 0 Å². The first-order valence-electron chi connectivity index (χ1n) is 8.84. The van der Waals surface area contributed by atoms with E-state index >= 15 is 0 Å². The Morgan fingerprint density at radius 3 is 2.29 bits per heavy atom. The van der Waals surface area contributed by atoms with E-state index in [2.05, 4.69) is 5.32 Å². The predicted octanol–water partition coefficient (Wildman–Crippen LogP) is 2.14. The standard InChI is InChI=1S/C21H23NO6/c1-3-27-17-11-9-16(10-12-17)20(24)28-14-19(23)22-18(21(25)26-2)13-15-7-5-4-6-8-15/h4-12,18H,3,13-14H2,1-2H3,(H,22,23)/t18-/m0/s1. The fraction of sp³-hybridized carbons (Fsp3) is 0.286. The van der Waals surface area contributed by atoms with E-state index in [-0.39, 0.29) is 6.42 Å². The number of rotatable bonds is 9. The largest absolute Gasteiger partial charge is 0.494 e. The number of hydrogen-bond donors (Lipinski definition) is 1. The van der Waals surface area contributed by atoms with E-state index in [4.69, 9.17) is 14.2 Å². The van der Waals surface area contributed by atoms with Gasteiger partial charge in [-0.25, -0.2) is 9.59 Å². The summed E-state index contributed by atoms with van der Waals surface area (Å²) in [6.45, 7) is 1.88. The Kier molecular flexibility index (Phi) is 8.02. The van der Waals surface area contributed by atoms with E-state index in [1.165, 1.54) is 7.11 Å². The number of methoxy groups -OCH3 is 1. The van der Waals surface area contributed by atoms with Gasteiger partial charge in [0, 0.05) is 6.42 Å². The minimum absolute atomic E-state index is 0.270. The zero-order valence-corrected chi connectivity index (χ0v) is 15.8. The number of ether oxygens (including phenoxy) is 3. The quantitative estimate of drug-likeness (QED) is 0.665. The van der Waals surface area contributed by atoms with Crippen molar-refractivity contribution >= 4 is 17.8 Å². The molecule has 148 valence electrons. The van der Waals surface area contributed by atoms with Crippen LogP contribution in [0.25, 0.3) is 0 Å². The molecule has 0 bridgehead atoms. The number of nitrogens with one attached hydrogen (secondary N) is 1. The van der Waals surface area contributed by atoms with E-state index in [0.717, 1.165) is 5.56 Å². The number of carbonyl (C=O) groups is 3. The first-order chi connectivity index (χ1) is 13.5. The molecule has 1 atom stereocenters. The molecule has 2 rings (SSSR count). The van der Waals surface area contributed by atoms with Crippen LogP contribution < -0.4 is 10.1 Å². The van der Waals surface area contributed by atoms with E-state index in [1.807, 2.05) is 37.3 Å². The molecular weight excluding hydrogens is 362 g/mol. The molecule has 0 radical (unpaired) electrons. The molecule has 1 amide bonds. The minimum atomic E-state index is -0.871. The molecule has 0 aliphatic carbocycles. The summed E-state index contributed by atoms with van der Waals surface area (Å²) in [5.41, 5.74) is 1.16. The zero-order valence-electron chi connectivity index (χ0n) is 15.8. The van der Waals surface area contributed by atoms with Crippen molar-refractivity contribution < 1.29 is 28.6 Å². The van der Waals surface area contributed by atoms with Gasteiger partial charge in [-0.2, -0.15) is 0 Å². The summed E-state index contributed by atoms with van der Waals surface area (Å²) in [5, 5.41) is 2.54. The van der Waals surface area contributed by atoms with Gasteiger partial charge in [0.05, 0.1) is 19.3 Å². The fourth-order valence-corrected chi connectivity index (χ4v) is 2.49. The maximum atomic E-state index is 12.1. The molecule has 7 nitrogen and oxygen atoms in total. The van der Waals surface area contributed by atoms with Gasteiger partial charge >= 0.3 is 11.9 Å². The van der Waals surface area contributed by atoms with Gasteiger partial charge in [0.1, 0.15) is 11.8 Å². The second-order valence-electron chi connectivity index (χ2n) is 5.87. The van der Waals surface area contributed by atoms with Gasteiger partial charge in [-0.15, -0.1) is 0 Å². The lowest BCUT2D eigenvalue weighted by molar-refractivity contribution is -0.145. The van der Waals surface area contributed by atoms with Gasteiger partial charge in [0.15, 0.2) is 6.61 Å². The number of esters is 2. The Labute approximate surface area is 163 Å². The van der Waals surface area contributed by atoms with E-state index in [0.29, 0.717) is 17.9 Å². The predicted molar refractivity (Wildman–Crippen MR) is 102 cm³/mol. The average molecular weight is 385 g/mol. The lowest BCUT2D eigenvalue weighted by Crippen LogP contribution is -2.44. The van der Waals surface area contributed by atoms with Crippen molar-refractivity contribution in [2.24, 2.45) is 0 Å². The lowest BCUT2D eigenvalue weighted by atomic mass is 10.1. The molecule has 2 aromatic rings. The van der Waals surface area contributed by atoms with Crippen LogP contribution in [-0.2, 0) is 25.5 Å². The molecule has 0 spiro atoms. The summed E-state index contributed by atoms with van der Waals surface area (Å²) >= 11 is 0. The van der Waals surface area contributed by atoms with Gasteiger partial charge in [-0.3, -0.25) is 4.79 Å². The number of carbonyl (C=O) groups excluding carboxylic acids is 3. The molecule has 0 unspecified atom stereocenters. The van der Waals surface area contributed by atoms with Crippen molar-refractivity contribution in [3.8, 4) is 5.75 Å². The van der Waals surface area contributed by atoms with Gasteiger partial charge in [0.2, 0.25) is 0 Å². The fourth-order valence-electron chi connectivity index (χ4n) is 2.49. The topological polar surface area (TPSA) is 90.9 Å². The highest BCUT2D eigenvalue weighted by atomic mass is 16.5. The summed E-state index contributed by atoms with van der Waals surface area (Å²) in [5.74, 6) is -1.17. The maximum absolute atomic E-state index is 12.1. The lowest BCUT2D eigenvalue weighted by Gasteiger charge is -2.16. The minimum Gasteiger partial charge on any atom is -0.494 e. The Morgan fingerprint density at radius 1 is 1.00 bits per heavy atom. The van der Waals surface area contributed by atoms with Crippen molar-refractivity contribution in [2.75, 3.05) is 20.3 Å². The van der Waals surface area contributed by atoms with Crippen LogP contribution in [0.4, 0.5) is 0 Å². The third-order valence-corrected chi connectivity index (χ3v) is 3.84. The van der Waals surface area contributed by atoms with Crippen LogP contribution in [0, 0.1) is 0 Å². The van der Waals surface area contributed by atoms with Crippen molar-refractivity contribution in [3.63, 3.8) is 0 Å². The first kappa shape index (κ1) is 21.0. The van der Waals surface area contributed by atoms with Gasteiger partial charge in [-0.05, 0) is 36.8 Å². The Hall–Kier alpha value is -3.35. The summed E-state index contributed by atoms with van der Waals surface area (Å²) in [4.78, 5) is 36.1. The molecule has 7 heteroatoms. The number of benzene rings is 2. The average Bonchev–Trinajstić information content (AvgIpc) is 2.72. The van der Waals surface area contributed by atoms with Gasteiger partial charge in [0.25, 0.3) is 5.91 Å². The van der Waals surface area contributed by atoms with Crippen LogP contribution in [0.1, 0.15) is 22.8 Å². The summed E-state index contributed by atoms with van der Waals surface area (Å²) in [6, 6.07) is 14.7. The van der Waals surface area contributed by atoms with Gasteiger partial charge < -0.3 is 19.5 Å². The molecule has 28 heavy (non-hydrogen) atoms. The van der Waals surface area contributed by atoms with Crippen LogP contribution >= 0.6 is 0 Å². The van der Waals surface area contributed by atoms with Crippen molar-refractivity contribution in [1.82, 2.24) is 5.32 Å². The van der Waals surface area contributed by atoms with E-state index < -0.39 is 30.5 Å². The Bertz CT molecular complexity index is 788. The Morgan fingerprint density at radius 2 is 1.68 bits per heavy atom. The molecule has 0 aliphatic rings. The molecule has 0 aliphatic heterocycles. The van der Waals surface area contributed by atoms with E-state index in [1.54, 1.807) is 24.3 Å². The molecule has 2 aromatic carbocycles. The summed E-state index contributed by atoms with van der Waals surface area (Å²) in [7, 11) is 1.25. The monoisotopic (exact) mass is 385 g/mol. The zero-order chi connectivity index (χ0) is 20.4. The van der Waals surface area contributed by atoms with Crippen molar-refractivity contribution in [2.45, 2.75) is 19.4 Å². The third-order valence-electron chi connectivity index (χ3n) is 3.84. The highest BCUT2D eigenvalue weighted by molar-refractivity contribution is 5.92.